The fourth-order valence-electron chi connectivity index (χ4n) is 1.06. The second-order valence-electron chi connectivity index (χ2n) is 2.86. The third kappa shape index (κ3) is 3.06. The third-order valence-corrected chi connectivity index (χ3v) is 2.62. The summed E-state index contributed by atoms with van der Waals surface area (Å²) in [6, 6.07) is 5.06. The topological polar surface area (TPSA) is 63.6 Å². The highest BCUT2D eigenvalue weighted by atomic mass is 79.9. The lowest BCUT2D eigenvalue weighted by Gasteiger charge is -2.05. The van der Waals surface area contributed by atoms with Crippen LogP contribution in [0.5, 0.6) is 5.75 Å². The molecule has 1 aromatic carbocycles. The molecule has 0 aliphatic carbocycles. The number of ketones is 1. The van der Waals surface area contributed by atoms with Crippen molar-refractivity contribution in [1.29, 1.82) is 0 Å². The Morgan fingerprint density at radius 2 is 2.13 bits per heavy atom. The molecule has 0 unspecified atom stereocenters. The minimum absolute atomic E-state index is 0.146. The number of carboxylic acids is 1. The van der Waals surface area contributed by atoms with Gasteiger partial charge in [-0.1, -0.05) is 15.9 Å². The molecule has 0 amide bonds. The summed E-state index contributed by atoms with van der Waals surface area (Å²) in [5, 5.41) is 8.46. The van der Waals surface area contributed by atoms with Gasteiger partial charge in [-0.3, -0.25) is 4.79 Å². The zero-order valence-corrected chi connectivity index (χ0v) is 9.58. The Bertz CT molecular complexity index is 400. The van der Waals surface area contributed by atoms with Crippen LogP contribution in [0.3, 0.4) is 0 Å². The van der Waals surface area contributed by atoms with Gasteiger partial charge in [0, 0.05) is 10.9 Å². The average Bonchev–Trinajstić information content (AvgIpc) is 2.21. The van der Waals surface area contributed by atoms with E-state index in [0.29, 0.717) is 15.8 Å². The van der Waals surface area contributed by atoms with Gasteiger partial charge in [-0.15, -0.1) is 0 Å². The van der Waals surface area contributed by atoms with Gasteiger partial charge < -0.3 is 9.84 Å². The fourth-order valence-corrected chi connectivity index (χ4v) is 1.45. The van der Waals surface area contributed by atoms with E-state index >= 15 is 0 Å². The van der Waals surface area contributed by atoms with E-state index in [-0.39, 0.29) is 6.42 Å². The zero-order chi connectivity index (χ0) is 11.4. The summed E-state index contributed by atoms with van der Waals surface area (Å²) in [6.45, 7) is 0. The van der Waals surface area contributed by atoms with Gasteiger partial charge >= 0.3 is 5.97 Å². The van der Waals surface area contributed by atoms with E-state index in [0.717, 1.165) is 0 Å². The van der Waals surface area contributed by atoms with Gasteiger partial charge in [-0.2, -0.15) is 0 Å². The minimum atomic E-state index is -1.43. The molecule has 0 radical (unpaired) electrons. The van der Waals surface area contributed by atoms with Gasteiger partial charge in [0.05, 0.1) is 7.11 Å². The van der Waals surface area contributed by atoms with Crippen molar-refractivity contribution in [1.82, 2.24) is 0 Å². The summed E-state index contributed by atoms with van der Waals surface area (Å²) >= 11 is 3.24. The lowest BCUT2D eigenvalue weighted by molar-refractivity contribution is -0.148. The van der Waals surface area contributed by atoms with Crippen LogP contribution in [-0.4, -0.2) is 24.0 Å². The number of aliphatic carboxylic acids is 1. The van der Waals surface area contributed by atoms with Crippen molar-refractivity contribution in [3.05, 3.63) is 28.2 Å². The largest absolute Gasteiger partial charge is 0.497 e. The van der Waals surface area contributed by atoms with E-state index < -0.39 is 11.8 Å². The number of halogens is 1. The first-order chi connectivity index (χ1) is 7.04. The Morgan fingerprint density at radius 1 is 1.47 bits per heavy atom. The van der Waals surface area contributed by atoms with Crippen molar-refractivity contribution in [3.63, 3.8) is 0 Å². The molecule has 15 heavy (non-hydrogen) atoms. The number of Topliss-reactive ketones (excluding diaryl/α,β-unsaturated/α-hetero) is 1. The van der Waals surface area contributed by atoms with Crippen molar-refractivity contribution in [2.75, 3.05) is 7.11 Å². The van der Waals surface area contributed by atoms with Crippen molar-refractivity contribution in [2.24, 2.45) is 0 Å². The maximum Gasteiger partial charge on any atom is 0.372 e. The number of carbonyl (C=O) groups excluding carboxylic acids is 1. The van der Waals surface area contributed by atoms with E-state index in [9.17, 15) is 9.59 Å². The highest BCUT2D eigenvalue weighted by Crippen LogP contribution is 2.22. The van der Waals surface area contributed by atoms with Crippen LogP contribution >= 0.6 is 15.9 Å². The number of carboxylic acid groups (broad SMARTS) is 1. The number of carbonyl (C=O) groups is 2. The molecule has 0 heterocycles. The molecule has 0 saturated carbocycles. The predicted octanol–water partition coefficient (Wildman–Crippen LogP) is 1.65. The Morgan fingerprint density at radius 3 is 2.67 bits per heavy atom. The molecule has 80 valence electrons. The molecule has 0 spiro atoms. The van der Waals surface area contributed by atoms with Gasteiger partial charge in [0.25, 0.3) is 0 Å². The van der Waals surface area contributed by atoms with Gasteiger partial charge in [-0.25, -0.2) is 4.79 Å². The Labute approximate surface area is 95.0 Å². The third-order valence-electron chi connectivity index (χ3n) is 1.84. The second-order valence-corrected chi connectivity index (χ2v) is 3.72. The predicted molar refractivity (Wildman–Crippen MR) is 57.0 cm³/mol. The lowest BCUT2D eigenvalue weighted by Crippen LogP contribution is -2.15. The van der Waals surface area contributed by atoms with Crippen LogP contribution < -0.4 is 4.74 Å². The molecular weight excluding hydrogens is 264 g/mol. The molecular formula is C10H9BrO4. The monoisotopic (exact) mass is 272 g/mol. The van der Waals surface area contributed by atoms with Crippen molar-refractivity contribution in [3.8, 4) is 5.75 Å². The van der Waals surface area contributed by atoms with Crippen LogP contribution in [0.1, 0.15) is 5.56 Å². The minimum Gasteiger partial charge on any atom is -0.497 e. The number of ether oxygens (including phenoxy) is 1. The Kier molecular flexibility index (Phi) is 3.85. The molecule has 0 aromatic heterocycles. The van der Waals surface area contributed by atoms with E-state index in [1.807, 2.05) is 0 Å². The summed E-state index contributed by atoms with van der Waals surface area (Å²) in [5.74, 6) is -1.68. The van der Waals surface area contributed by atoms with Crippen molar-refractivity contribution >= 4 is 27.7 Å². The van der Waals surface area contributed by atoms with Gasteiger partial charge in [0.15, 0.2) is 0 Å². The fraction of sp³-hybridized carbons (Fsp3) is 0.200. The zero-order valence-electron chi connectivity index (χ0n) is 7.99. The highest BCUT2D eigenvalue weighted by molar-refractivity contribution is 9.10. The molecule has 1 rings (SSSR count). The molecule has 0 atom stereocenters. The summed E-state index contributed by atoms with van der Waals surface area (Å²) in [4.78, 5) is 21.4. The molecule has 0 fully saturated rings. The highest BCUT2D eigenvalue weighted by Gasteiger charge is 2.14. The molecule has 1 N–H and O–H groups in total. The van der Waals surface area contributed by atoms with E-state index in [2.05, 4.69) is 15.9 Å². The molecule has 0 saturated heterocycles. The van der Waals surface area contributed by atoms with Crippen LogP contribution in [0.2, 0.25) is 0 Å². The lowest BCUT2D eigenvalue weighted by atomic mass is 10.1. The normalized spacial score (nSPS) is 9.73. The van der Waals surface area contributed by atoms with Crippen LogP contribution in [0, 0.1) is 0 Å². The van der Waals surface area contributed by atoms with E-state index in [1.54, 1.807) is 18.2 Å². The summed E-state index contributed by atoms with van der Waals surface area (Å²) in [7, 11) is 1.51. The summed E-state index contributed by atoms with van der Waals surface area (Å²) < 4.78 is 5.66. The quantitative estimate of drug-likeness (QED) is 0.847. The van der Waals surface area contributed by atoms with Crippen molar-refractivity contribution in [2.45, 2.75) is 6.42 Å². The standard InChI is InChI=1S/C10H9BrO4/c1-15-7-2-3-8(11)6(4-7)5-9(12)10(13)14/h2-4H,5H2,1H3,(H,13,14). The van der Waals surface area contributed by atoms with E-state index in [1.165, 1.54) is 7.11 Å². The Balaban J connectivity index is 2.93. The molecule has 0 aliphatic heterocycles. The number of methoxy groups -OCH3 is 1. The average molecular weight is 273 g/mol. The first-order valence-corrected chi connectivity index (χ1v) is 4.92. The van der Waals surface area contributed by atoms with Gasteiger partial charge in [0.2, 0.25) is 5.78 Å². The summed E-state index contributed by atoms with van der Waals surface area (Å²) in [6.07, 6.45) is -0.146. The number of hydrogen-bond donors (Lipinski definition) is 1. The van der Waals surface area contributed by atoms with Crippen LogP contribution in [-0.2, 0) is 16.0 Å². The number of hydrogen-bond acceptors (Lipinski definition) is 3. The molecule has 1 aromatic rings. The molecule has 5 heteroatoms. The molecule has 4 nitrogen and oxygen atoms in total. The first-order valence-electron chi connectivity index (χ1n) is 4.13. The number of benzene rings is 1. The number of rotatable bonds is 4. The Hall–Kier alpha value is -1.36. The smallest absolute Gasteiger partial charge is 0.372 e. The maximum atomic E-state index is 11.0. The first kappa shape index (κ1) is 11.7. The van der Waals surface area contributed by atoms with Crippen LogP contribution in [0.4, 0.5) is 0 Å². The van der Waals surface area contributed by atoms with Crippen LogP contribution in [0.15, 0.2) is 22.7 Å². The SMILES string of the molecule is COc1ccc(Br)c(CC(=O)C(=O)O)c1. The van der Waals surface area contributed by atoms with Crippen molar-refractivity contribution < 1.29 is 19.4 Å². The maximum absolute atomic E-state index is 11.0. The van der Waals surface area contributed by atoms with E-state index in [4.69, 9.17) is 9.84 Å². The summed E-state index contributed by atoms with van der Waals surface area (Å²) in [5.41, 5.74) is 0.599. The van der Waals surface area contributed by atoms with Crippen LogP contribution in [0.25, 0.3) is 0 Å². The second kappa shape index (κ2) is 4.93. The van der Waals surface area contributed by atoms with Gasteiger partial charge in [0.1, 0.15) is 5.75 Å². The van der Waals surface area contributed by atoms with Gasteiger partial charge in [-0.05, 0) is 23.8 Å². The molecule has 0 aliphatic rings. The molecule has 0 bridgehead atoms.